The minimum absolute atomic E-state index is 0.661. The molecule has 1 aliphatic rings. The van der Waals surface area contributed by atoms with Crippen LogP contribution in [0, 0.1) is 5.21 Å². The van der Waals surface area contributed by atoms with Crippen LogP contribution in [0.3, 0.4) is 0 Å². The summed E-state index contributed by atoms with van der Waals surface area (Å²) in [6.07, 6.45) is 0. The van der Waals surface area contributed by atoms with Gasteiger partial charge in [-0.05, 0) is 92.9 Å². The molecule has 6 nitrogen and oxygen atoms in total. The molecule has 0 atom stereocenters. The van der Waals surface area contributed by atoms with E-state index in [0.717, 1.165) is 63.7 Å². The van der Waals surface area contributed by atoms with Gasteiger partial charge in [-0.2, -0.15) is 4.73 Å². The summed E-state index contributed by atoms with van der Waals surface area (Å²) in [5, 5.41) is 13.4. The standard InChI is InChI=1S/C27H47N5OS5/c1-9-28(10-2)24(29(11-3)12-4)26-34-20-22-18-17-19-23(32(22)33)21-35-27(37-38-36-26)25(30(13-5)14-6)31(15-7)16-8/h17-19H,9-16,20-21H2,1-8H3. The SMILES string of the molecule is CCN(CC)C(=C1SCc2cccc([n+]2[O-])CSC(=C(N(CC)CC)N(CC)CC)SSS1)N(CC)CC. The molecule has 0 aliphatic carbocycles. The Hall–Kier alpha value is -0.620. The van der Waals surface area contributed by atoms with Crippen LogP contribution in [0.2, 0.25) is 0 Å². The number of hydrogen-bond donors (Lipinski definition) is 0. The van der Waals surface area contributed by atoms with E-state index in [1.54, 1.807) is 23.5 Å². The maximum atomic E-state index is 13.4. The van der Waals surface area contributed by atoms with Crippen molar-refractivity contribution in [2.24, 2.45) is 0 Å². The van der Waals surface area contributed by atoms with Gasteiger partial charge in [0.2, 0.25) is 11.4 Å². The summed E-state index contributed by atoms with van der Waals surface area (Å²) in [6.45, 7) is 25.5. The largest absolute Gasteiger partial charge is 0.618 e. The van der Waals surface area contributed by atoms with Crippen molar-refractivity contribution in [3.63, 3.8) is 0 Å². The molecule has 1 aliphatic heterocycles. The molecule has 0 amide bonds. The molecule has 0 unspecified atom stereocenters. The minimum Gasteiger partial charge on any atom is -0.618 e. The van der Waals surface area contributed by atoms with E-state index in [1.165, 1.54) is 24.8 Å². The summed E-state index contributed by atoms with van der Waals surface area (Å²) in [6, 6.07) is 6.00. The number of hydrogen-bond acceptors (Lipinski definition) is 10. The lowest BCUT2D eigenvalue weighted by molar-refractivity contribution is -0.620. The molecule has 0 fully saturated rings. The van der Waals surface area contributed by atoms with E-state index in [9.17, 15) is 5.21 Å². The van der Waals surface area contributed by atoms with Crippen LogP contribution in [-0.4, -0.2) is 72.0 Å². The summed E-state index contributed by atoms with van der Waals surface area (Å²) < 4.78 is 3.72. The van der Waals surface area contributed by atoms with Gasteiger partial charge in [-0.15, -0.1) is 23.5 Å². The third kappa shape index (κ3) is 8.69. The summed E-state index contributed by atoms with van der Waals surface area (Å²) >= 11 is 3.60. The Balaban J connectivity index is 2.71. The van der Waals surface area contributed by atoms with Gasteiger partial charge >= 0.3 is 0 Å². The third-order valence-electron chi connectivity index (χ3n) is 6.64. The van der Waals surface area contributed by atoms with E-state index < -0.39 is 0 Å². The molecule has 2 bridgehead atoms. The zero-order valence-corrected chi connectivity index (χ0v) is 28.6. The molecular formula is C27H47N5OS5. The number of thioether (sulfide) groups is 2. The molecular weight excluding hydrogens is 571 g/mol. The summed E-state index contributed by atoms with van der Waals surface area (Å²) in [5.41, 5.74) is 1.64. The molecule has 38 heavy (non-hydrogen) atoms. The number of pyridine rings is 1. The molecule has 0 saturated carbocycles. The molecule has 2 rings (SSSR count). The van der Waals surface area contributed by atoms with E-state index >= 15 is 0 Å². The Morgan fingerprint density at radius 2 is 0.947 bits per heavy atom. The second-order valence-electron chi connectivity index (χ2n) is 8.53. The predicted molar refractivity (Wildman–Crippen MR) is 177 cm³/mol. The summed E-state index contributed by atoms with van der Waals surface area (Å²) in [5.74, 6) is 3.91. The van der Waals surface area contributed by atoms with E-state index in [1.807, 2.05) is 49.6 Å². The maximum Gasteiger partial charge on any atom is 0.203 e. The normalized spacial score (nSPS) is 14.4. The van der Waals surface area contributed by atoms with Crippen molar-refractivity contribution in [1.29, 1.82) is 0 Å². The third-order valence-corrected chi connectivity index (χ3v) is 13.7. The lowest BCUT2D eigenvalue weighted by atomic mass is 10.3. The lowest BCUT2D eigenvalue weighted by Gasteiger charge is -2.36. The van der Waals surface area contributed by atoms with Gasteiger partial charge in [0.25, 0.3) is 0 Å². The topological polar surface area (TPSA) is 39.9 Å². The Morgan fingerprint density at radius 1 is 0.632 bits per heavy atom. The van der Waals surface area contributed by atoms with Gasteiger partial charge in [0, 0.05) is 64.5 Å². The van der Waals surface area contributed by atoms with Crippen molar-refractivity contribution in [2.75, 3.05) is 52.4 Å². The monoisotopic (exact) mass is 617 g/mol. The molecule has 0 N–H and O–H groups in total. The van der Waals surface area contributed by atoms with Crippen LogP contribution in [0.5, 0.6) is 0 Å². The van der Waals surface area contributed by atoms with Gasteiger partial charge in [-0.3, -0.25) is 0 Å². The highest BCUT2D eigenvalue weighted by molar-refractivity contribution is 9.12. The quantitative estimate of drug-likeness (QED) is 0.134. The van der Waals surface area contributed by atoms with Crippen molar-refractivity contribution in [3.05, 3.63) is 54.9 Å². The van der Waals surface area contributed by atoms with Gasteiger partial charge in [0.1, 0.15) is 11.6 Å². The zero-order chi connectivity index (χ0) is 28.1. The van der Waals surface area contributed by atoms with Crippen molar-refractivity contribution in [1.82, 2.24) is 19.6 Å². The molecule has 0 radical (unpaired) electrons. The van der Waals surface area contributed by atoms with Crippen molar-refractivity contribution in [2.45, 2.75) is 66.9 Å². The van der Waals surface area contributed by atoms with Crippen LogP contribution in [0.1, 0.15) is 66.8 Å². The number of nitrogens with zero attached hydrogens (tertiary/aromatic N) is 5. The maximum absolute atomic E-state index is 13.4. The van der Waals surface area contributed by atoms with Crippen molar-refractivity contribution < 1.29 is 4.73 Å². The van der Waals surface area contributed by atoms with E-state index in [0.29, 0.717) is 11.5 Å². The highest BCUT2D eigenvalue weighted by Crippen LogP contribution is 2.53. The Morgan fingerprint density at radius 3 is 1.24 bits per heavy atom. The molecule has 216 valence electrons. The smallest absolute Gasteiger partial charge is 0.203 e. The van der Waals surface area contributed by atoms with Gasteiger partial charge in [0.15, 0.2) is 0 Å². The second-order valence-corrected chi connectivity index (χ2v) is 14.9. The van der Waals surface area contributed by atoms with E-state index in [4.69, 9.17) is 0 Å². The van der Waals surface area contributed by atoms with Crippen LogP contribution in [0.15, 0.2) is 38.3 Å². The first-order valence-electron chi connectivity index (χ1n) is 13.9. The molecule has 0 spiro atoms. The minimum atomic E-state index is 0.661. The highest BCUT2D eigenvalue weighted by Gasteiger charge is 2.25. The van der Waals surface area contributed by atoms with Crippen LogP contribution >= 0.6 is 54.9 Å². The second kappa shape index (κ2) is 17.9. The van der Waals surface area contributed by atoms with Gasteiger partial charge in [-0.25, -0.2) is 0 Å². The fourth-order valence-corrected chi connectivity index (χ4v) is 12.4. The highest BCUT2D eigenvalue weighted by atomic mass is 33.5. The number of fused-ring (bicyclic) bond motifs is 2. The fraction of sp³-hybridized carbons (Fsp3) is 0.667. The molecule has 11 heteroatoms. The van der Waals surface area contributed by atoms with Crippen molar-refractivity contribution in [3.8, 4) is 0 Å². The summed E-state index contributed by atoms with van der Waals surface area (Å²) in [7, 11) is 5.56. The fourth-order valence-electron chi connectivity index (χ4n) is 4.42. The zero-order valence-electron chi connectivity index (χ0n) is 24.5. The Kier molecular flexibility index (Phi) is 15.9. The van der Waals surface area contributed by atoms with E-state index in [2.05, 4.69) is 75.0 Å². The average Bonchev–Trinajstić information content (AvgIpc) is 2.94. The summed E-state index contributed by atoms with van der Waals surface area (Å²) in [4.78, 5) is 9.85. The van der Waals surface area contributed by atoms with Gasteiger partial charge in [0.05, 0.1) is 20.0 Å². The first-order chi connectivity index (χ1) is 18.4. The first-order valence-corrected chi connectivity index (χ1v) is 19.3. The first kappa shape index (κ1) is 33.6. The van der Waals surface area contributed by atoms with Crippen LogP contribution in [0.25, 0.3) is 0 Å². The van der Waals surface area contributed by atoms with Crippen LogP contribution < -0.4 is 4.73 Å². The van der Waals surface area contributed by atoms with Crippen LogP contribution in [0.4, 0.5) is 0 Å². The van der Waals surface area contributed by atoms with Gasteiger partial charge < -0.3 is 24.8 Å². The van der Waals surface area contributed by atoms with E-state index in [-0.39, 0.29) is 0 Å². The molecule has 1 aromatic rings. The molecule has 0 aromatic carbocycles. The number of aromatic nitrogens is 1. The molecule has 0 saturated heterocycles. The Bertz CT molecular complexity index is 817. The van der Waals surface area contributed by atoms with Crippen molar-refractivity contribution >= 4 is 54.9 Å². The average molecular weight is 618 g/mol. The molecule has 2 heterocycles. The lowest BCUT2D eigenvalue weighted by Crippen LogP contribution is -2.37. The predicted octanol–water partition coefficient (Wildman–Crippen LogP) is 7.45. The molecule has 1 aromatic heterocycles. The number of rotatable bonds is 12. The van der Waals surface area contributed by atoms with Gasteiger partial charge in [-0.1, -0.05) is 0 Å². The van der Waals surface area contributed by atoms with Crippen LogP contribution in [-0.2, 0) is 11.5 Å². The Labute approximate surface area is 252 Å².